The molecule has 3 aromatic rings. The monoisotopic (exact) mass is 408 g/mol. The van der Waals surface area contributed by atoms with Crippen molar-refractivity contribution in [2.45, 2.75) is 18.0 Å². The lowest BCUT2D eigenvalue weighted by molar-refractivity contribution is 0.284. The normalized spacial score (nSPS) is 10.9. The van der Waals surface area contributed by atoms with Crippen LogP contribution in [0.25, 0.3) is 0 Å². The van der Waals surface area contributed by atoms with E-state index < -0.39 is 10.0 Å². The smallest absolute Gasteiger partial charge is 0.242 e. The van der Waals surface area contributed by atoms with Gasteiger partial charge in [-0.2, -0.15) is 5.26 Å². The Morgan fingerprint density at radius 2 is 1.66 bits per heavy atom. The molecule has 0 saturated heterocycles. The molecule has 0 aliphatic heterocycles. The van der Waals surface area contributed by atoms with Gasteiger partial charge >= 0.3 is 0 Å². The predicted octanol–water partition coefficient (Wildman–Crippen LogP) is 3.62. The van der Waals surface area contributed by atoms with Crippen molar-refractivity contribution in [3.05, 3.63) is 89.5 Å². The highest BCUT2D eigenvalue weighted by Gasteiger charge is 2.18. The van der Waals surface area contributed by atoms with Crippen molar-refractivity contribution in [2.75, 3.05) is 7.11 Å². The standard InChI is InChI=1S/C22H20N2O4S/c1-27-21-13-18(11-12-20(21)28-16-17-7-3-2-4-8-17)15-24-29(25,26)22-10-6-5-9-19(22)14-23/h2-13,24H,15-16H2,1H3. The highest BCUT2D eigenvalue weighted by Crippen LogP contribution is 2.29. The highest BCUT2D eigenvalue weighted by molar-refractivity contribution is 7.89. The fraction of sp³-hybridized carbons (Fsp3) is 0.136. The number of hydrogen-bond acceptors (Lipinski definition) is 5. The Balaban J connectivity index is 1.71. The number of methoxy groups -OCH3 is 1. The fourth-order valence-corrected chi connectivity index (χ4v) is 3.90. The van der Waals surface area contributed by atoms with Crippen molar-refractivity contribution in [1.29, 1.82) is 5.26 Å². The minimum absolute atomic E-state index is 0.0442. The molecule has 0 atom stereocenters. The summed E-state index contributed by atoms with van der Waals surface area (Å²) in [7, 11) is -2.29. The van der Waals surface area contributed by atoms with E-state index >= 15 is 0 Å². The van der Waals surface area contributed by atoms with E-state index in [4.69, 9.17) is 14.7 Å². The maximum absolute atomic E-state index is 12.5. The molecule has 0 aromatic heterocycles. The van der Waals surface area contributed by atoms with Crippen molar-refractivity contribution in [2.24, 2.45) is 0 Å². The molecule has 0 aliphatic carbocycles. The molecule has 7 heteroatoms. The van der Waals surface area contributed by atoms with Crippen LogP contribution in [0.15, 0.2) is 77.7 Å². The van der Waals surface area contributed by atoms with Gasteiger partial charge in [0.25, 0.3) is 0 Å². The molecule has 6 nitrogen and oxygen atoms in total. The van der Waals surface area contributed by atoms with Crippen LogP contribution in [0, 0.1) is 11.3 Å². The van der Waals surface area contributed by atoms with Gasteiger partial charge in [-0.3, -0.25) is 0 Å². The van der Waals surface area contributed by atoms with Crippen LogP contribution in [0.3, 0.4) is 0 Å². The van der Waals surface area contributed by atoms with Gasteiger partial charge in [0.2, 0.25) is 10.0 Å². The van der Waals surface area contributed by atoms with E-state index in [0.717, 1.165) is 5.56 Å². The lowest BCUT2D eigenvalue weighted by atomic mass is 10.2. The summed E-state index contributed by atoms with van der Waals surface area (Å²) in [6, 6.07) is 23.0. The Labute approximate surface area is 170 Å². The van der Waals surface area contributed by atoms with Crippen LogP contribution < -0.4 is 14.2 Å². The Bertz CT molecular complexity index is 1120. The first-order valence-electron chi connectivity index (χ1n) is 8.86. The molecule has 0 spiro atoms. The summed E-state index contributed by atoms with van der Waals surface area (Å²) in [6.07, 6.45) is 0. The molecule has 0 radical (unpaired) electrons. The maximum atomic E-state index is 12.5. The molecule has 3 aromatic carbocycles. The number of nitrogens with one attached hydrogen (secondary N) is 1. The predicted molar refractivity (Wildman–Crippen MR) is 109 cm³/mol. The third kappa shape index (κ3) is 5.13. The van der Waals surface area contributed by atoms with Gasteiger partial charge in [0, 0.05) is 6.54 Å². The zero-order valence-electron chi connectivity index (χ0n) is 15.8. The minimum atomic E-state index is -3.82. The minimum Gasteiger partial charge on any atom is -0.493 e. The number of benzene rings is 3. The summed E-state index contributed by atoms with van der Waals surface area (Å²) < 4.78 is 38.8. The molecule has 1 N–H and O–H groups in total. The zero-order chi connectivity index (χ0) is 20.7. The summed E-state index contributed by atoms with van der Waals surface area (Å²) in [5, 5.41) is 9.13. The van der Waals surface area contributed by atoms with Crippen LogP contribution >= 0.6 is 0 Å². The molecule has 0 bridgehead atoms. The van der Waals surface area contributed by atoms with Gasteiger partial charge in [-0.05, 0) is 35.4 Å². The van der Waals surface area contributed by atoms with Crippen molar-refractivity contribution in [3.8, 4) is 17.6 Å². The van der Waals surface area contributed by atoms with E-state index in [9.17, 15) is 8.42 Å². The first-order chi connectivity index (χ1) is 14.0. The first-order valence-corrected chi connectivity index (χ1v) is 10.3. The number of nitrogens with zero attached hydrogens (tertiary/aromatic N) is 1. The van der Waals surface area contributed by atoms with Gasteiger partial charge in [-0.15, -0.1) is 0 Å². The fourth-order valence-electron chi connectivity index (χ4n) is 2.73. The Morgan fingerprint density at radius 3 is 2.38 bits per heavy atom. The topological polar surface area (TPSA) is 88.4 Å². The van der Waals surface area contributed by atoms with Crippen molar-refractivity contribution < 1.29 is 17.9 Å². The summed E-state index contributed by atoms with van der Waals surface area (Å²) in [4.78, 5) is -0.0442. The third-order valence-electron chi connectivity index (χ3n) is 4.23. The van der Waals surface area contributed by atoms with E-state index in [1.165, 1.54) is 19.2 Å². The summed E-state index contributed by atoms with van der Waals surface area (Å²) in [5.74, 6) is 1.08. The average Bonchev–Trinajstić information content (AvgIpc) is 2.77. The molecular formula is C22H20N2O4S. The van der Waals surface area contributed by atoms with Crippen LogP contribution in [-0.2, 0) is 23.2 Å². The van der Waals surface area contributed by atoms with Crippen LogP contribution in [0.2, 0.25) is 0 Å². The van der Waals surface area contributed by atoms with Crippen LogP contribution in [0.4, 0.5) is 0 Å². The van der Waals surface area contributed by atoms with E-state index in [2.05, 4.69) is 4.72 Å². The highest BCUT2D eigenvalue weighted by atomic mass is 32.2. The molecule has 0 saturated carbocycles. The van der Waals surface area contributed by atoms with Crippen molar-refractivity contribution in [3.63, 3.8) is 0 Å². The second kappa shape index (κ2) is 9.24. The van der Waals surface area contributed by atoms with E-state index in [1.54, 1.807) is 30.3 Å². The lowest BCUT2D eigenvalue weighted by Crippen LogP contribution is -2.24. The molecule has 0 heterocycles. The maximum Gasteiger partial charge on any atom is 0.242 e. The summed E-state index contributed by atoms with van der Waals surface area (Å²) in [6.45, 7) is 0.450. The van der Waals surface area contributed by atoms with Gasteiger partial charge in [0.15, 0.2) is 11.5 Å². The van der Waals surface area contributed by atoms with Crippen LogP contribution in [-0.4, -0.2) is 15.5 Å². The zero-order valence-corrected chi connectivity index (χ0v) is 16.6. The van der Waals surface area contributed by atoms with Crippen LogP contribution in [0.5, 0.6) is 11.5 Å². The second-order valence-corrected chi connectivity index (χ2v) is 7.93. The Hall–Kier alpha value is -3.34. The molecule has 29 heavy (non-hydrogen) atoms. The SMILES string of the molecule is COc1cc(CNS(=O)(=O)c2ccccc2C#N)ccc1OCc1ccccc1. The van der Waals surface area contributed by atoms with E-state index in [1.807, 2.05) is 36.4 Å². The third-order valence-corrected chi connectivity index (χ3v) is 5.69. The quantitative estimate of drug-likeness (QED) is 0.615. The van der Waals surface area contributed by atoms with Crippen molar-refractivity contribution >= 4 is 10.0 Å². The summed E-state index contributed by atoms with van der Waals surface area (Å²) >= 11 is 0. The van der Waals surface area contributed by atoms with E-state index in [-0.39, 0.29) is 17.0 Å². The van der Waals surface area contributed by atoms with Gasteiger partial charge < -0.3 is 9.47 Å². The lowest BCUT2D eigenvalue weighted by Gasteiger charge is -2.13. The average molecular weight is 408 g/mol. The molecule has 148 valence electrons. The van der Waals surface area contributed by atoms with E-state index in [0.29, 0.717) is 23.7 Å². The van der Waals surface area contributed by atoms with Gasteiger partial charge in [0.1, 0.15) is 12.7 Å². The first kappa shape index (κ1) is 20.4. The molecule has 0 unspecified atom stereocenters. The van der Waals surface area contributed by atoms with Gasteiger partial charge in [0.05, 0.1) is 17.6 Å². The number of nitriles is 1. The largest absolute Gasteiger partial charge is 0.493 e. The number of sulfonamides is 1. The Kier molecular flexibility index (Phi) is 6.50. The number of ether oxygens (including phenoxy) is 2. The van der Waals surface area contributed by atoms with Crippen molar-refractivity contribution in [1.82, 2.24) is 4.72 Å². The Morgan fingerprint density at radius 1 is 0.931 bits per heavy atom. The second-order valence-electron chi connectivity index (χ2n) is 6.19. The molecular weight excluding hydrogens is 388 g/mol. The molecule has 3 rings (SSSR count). The summed E-state index contributed by atoms with van der Waals surface area (Å²) in [5.41, 5.74) is 1.83. The molecule has 0 amide bonds. The molecule has 0 aliphatic rings. The van der Waals surface area contributed by atoms with Crippen LogP contribution in [0.1, 0.15) is 16.7 Å². The number of rotatable bonds is 8. The van der Waals surface area contributed by atoms with Gasteiger partial charge in [-0.1, -0.05) is 48.5 Å². The van der Waals surface area contributed by atoms with Gasteiger partial charge in [-0.25, -0.2) is 13.1 Å². The molecule has 0 fully saturated rings. The number of hydrogen-bond donors (Lipinski definition) is 1.